The largest absolute Gasteiger partial charge is 0.445 e. The minimum atomic E-state index is -1.18. The van der Waals surface area contributed by atoms with Gasteiger partial charge in [-0.1, -0.05) is 30.3 Å². The molecule has 7 heteroatoms. The number of amides is 1. The second-order valence-electron chi connectivity index (χ2n) is 6.28. The van der Waals surface area contributed by atoms with Crippen LogP contribution in [-0.4, -0.2) is 52.6 Å². The molecule has 3 rings (SSSR count). The van der Waals surface area contributed by atoms with Crippen LogP contribution in [0.3, 0.4) is 0 Å². The molecule has 1 saturated heterocycles. The van der Waals surface area contributed by atoms with Crippen LogP contribution in [0.5, 0.6) is 0 Å². The average molecular weight is 323 g/mol. The average Bonchev–Trinajstić information content (AvgIpc) is 2.94. The summed E-state index contributed by atoms with van der Waals surface area (Å²) in [5, 5.41) is 22.7. The van der Waals surface area contributed by atoms with Crippen molar-refractivity contribution >= 4 is 6.09 Å². The molecule has 1 amide bonds. The first-order chi connectivity index (χ1) is 10.9. The molecule has 1 aliphatic heterocycles. The van der Waals surface area contributed by atoms with Crippen LogP contribution in [0, 0.1) is 0 Å². The van der Waals surface area contributed by atoms with E-state index in [9.17, 15) is 15.0 Å². The van der Waals surface area contributed by atoms with Crippen LogP contribution < -0.4 is 5.32 Å². The summed E-state index contributed by atoms with van der Waals surface area (Å²) in [7, 11) is 0. The van der Waals surface area contributed by atoms with Crippen LogP contribution in [0.25, 0.3) is 0 Å². The van der Waals surface area contributed by atoms with Gasteiger partial charge in [-0.25, -0.2) is 4.79 Å². The highest BCUT2D eigenvalue weighted by Gasteiger charge is 2.58. The molecule has 3 N–H and O–H groups in total. The zero-order valence-electron chi connectivity index (χ0n) is 13.0. The molecule has 5 atom stereocenters. The van der Waals surface area contributed by atoms with Gasteiger partial charge in [-0.15, -0.1) is 0 Å². The number of hydrogen-bond acceptors (Lipinski definition) is 6. The van der Waals surface area contributed by atoms with E-state index in [1.54, 1.807) is 13.8 Å². The molecule has 1 aliphatic carbocycles. The number of nitrogens with one attached hydrogen (secondary N) is 1. The Hall–Kier alpha value is -1.67. The lowest BCUT2D eigenvalue weighted by atomic mass is 10.2. The van der Waals surface area contributed by atoms with E-state index in [0.717, 1.165) is 5.56 Å². The summed E-state index contributed by atoms with van der Waals surface area (Å²) in [6.45, 7) is 3.55. The van der Waals surface area contributed by atoms with E-state index in [4.69, 9.17) is 14.2 Å². The fraction of sp³-hybridized carbons (Fsp3) is 0.562. The molecule has 2 fully saturated rings. The van der Waals surface area contributed by atoms with Crippen molar-refractivity contribution in [2.75, 3.05) is 0 Å². The Bertz CT molecular complexity index is 563. The number of aliphatic hydroxyl groups is 2. The molecule has 1 aromatic carbocycles. The second-order valence-corrected chi connectivity index (χ2v) is 6.28. The Labute approximate surface area is 134 Å². The summed E-state index contributed by atoms with van der Waals surface area (Å²) in [6, 6.07) is 8.47. The van der Waals surface area contributed by atoms with Crippen molar-refractivity contribution in [3.05, 3.63) is 35.9 Å². The van der Waals surface area contributed by atoms with Gasteiger partial charge in [-0.2, -0.15) is 0 Å². The first-order valence-corrected chi connectivity index (χ1v) is 7.56. The van der Waals surface area contributed by atoms with Crippen LogP contribution in [0.4, 0.5) is 4.79 Å². The topological polar surface area (TPSA) is 97.2 Å². The lowest BCUT2D eigenvalue weighted by molar-refractivity contribution is -0.176. The molecule has 0 bridgehead atoms. The standard InChI is InChI=1S/C16H21NO6/c1-16(2)22-13-10(11(18)12(19)14(13)23-16)17-15(20)21-8-9-6-4-3-5-7-9/h3-7,10-14,18-19H,8H2,1-2H3,(H,17,20)/t10-,11+,12+,13+,14-/m1/s1. The number of alkyl carbamates (subject to hydrolysis) is 1. The molecule has 0 aromatic heterocycles. The fourth-order valence-corrected chi connectivity index (χ4v) is 3.03. The summed E-state index contributed by atoms with van der Waals surface area (Å²) < 4.78 is 16.4. The van der Waals surface area contributed by atoms with E-state index in [1.807, 2.05) is 30.3 Å². The Kier molecular flexibility index (Phi) is 4.29. The van der Waals surface area contributed by atoms with Crippen LogP contribution >= 0.6 is 0 Å². The molecular weight excluding hydrogens is 302 g/mol. The number of carbonyl (C=O) groups is 1. The smallest absolute Gasteiger partial charge is 0.407 e. The minimum absolute atomic E-state index is 0.120. The highest BCUT2D eigenvalue weighted by Crippen LogP contribution is 2.38. The van der Waals surface area contributed by atoms with Gasteiger partial charge in [0.1, 0.15) is 31.0 Å². The SMILES string of the molecule is CC1(C)O[C@@H]2[C@@H](O)[C@@H](O)[C@@H](NC(=O)OCc3ccccc3)[C@@H]2O1. The van der Waals surface area contributed by atoms with Gasteiger partial charge < -0.3 is 29.7 Å². The lowest BCUT2D eigenvalue weighted by Crippen LogP contribution is -2.49. The number of carbonyl (C=O) groups excluding carboxylic acids is 1. The van der Waals surface area contributed by atoms with Crippen molar-refractivity contribution in [3.63, 3.8) is 0 Å². The molecular formula is C16H21NO6. The monoisotopic (exact) mass is 323 g/mol. The van der Waals surface area contributed by atoms with E-state index in [0.29, 0.717) is 0 Å². The van der Waals surface area contributed by atoms with Crippen LogP contribution in [0.15, 0.2) is 30.3 Å². The number of hydrogen-bond donors (Lipinski definition) is 3. The normalized spacial score (nSPS) is 34.9. The van der Waals surface area contributed by atoms with Crippen molar-refractivity contribution < 1.29 is 29.2 Å². The maximum Gasteiger partial charge on any atom is 0.407 e. The van der Waals surface area contributed by atoms with Crippen molar-refractivity contribution in [3.8, 4) is 0 Å². The third-order valence-electron chi connectivity index (χ3n) is 4.07. The molecule has 0 unspecified atom stereocenters. The Morgan fingerprint density at radius 3 is 2.52 bits per heavy atom. The highest BCUT2D eigenvalue weighted by atomic mass is 16.8. The lowest BCUT2D eigenvalue weighted by Gasteiger charge is -2.25. The maximum absolute atomic E-state index is 12.0. The van der Waals surface area contributed by atoms with Crippen LogP contribution in [0.2, 0.25) is 0 Å². The molecule has 0 spiro atoms. The quantitative estimate of drug-likeness (QED) is 0.751. The van der Waals surface area contributed by atoms with Crippen LogP contribution in [0.1, 0.15) is 19.4 Å². The number of aliphatic hydroxyl groups excluding tert-OH is 2. The molecule has 1 heterocycles. The minimum Gasteiger partial charge on any atom is -0.445 e. The van der Waals surface area contributed by atoms with Gasteiger partial charge in [-0.05, 0) is 19.4 Å². The Balaban J connectivity index is 1.59. The summed E-state index contributed by atoms with van der Waals surface area (Å²) in [5.41, 5.74) is 0.856. The number of benzene rings is 1. The van der Waals surface area contributed by atoms with Gasteiger partial charge >= 0.3 is 6.09 Å². The van der Waals surface area contributed by atoms with Crippen molar-refractivity contribution in [2.45, 2.75) is 56.7 Å². The first-order valence-electron chi connectivity index (χ1n) is 7.56. The molecule has 0 radical (unpaired) electrons. The number of rotatable bonds is 3. The summed E-state index contributed by atoms with van der Waals surface area (Å²) in [4.78, 5) is 12.0. The van der Waals surface area contributed by atoms with E-state index in [1.165, 1.54) is 0 Å². The van der Waals surface area contributed by atoms with Crippen molar-refractivity contribution in [1.82, 2.24) is 5.32 Å². The van der Waals surface area contributed by atoms with Crippen LogP contribution in [-0.2, 0) is 20.8 Å². The van der Waals surface area contributed by atoms with Gasteiger partial charge in [0.15, 0.2) is 5.79 Å². The predicted molar refractivity (Wildman–Crippen MR) is 79.4 cm³/mol. The van der Waals surface area contributed by atoms with Crippen molar-refractivity contribution in [2.24, 2.45) is 0 Å². The third kappa shape index (κ3) is 3.32. The second kappa shape index (κ2) is 6.09. The molecule has 1 aromatic rings. The molecule has 126 valence electrons. The molecule has 7 nitrogen and oxygen atoms in total. The molecule has 2 aliphatic rings. The van der Waals surface area contributed by atoms with Gasteiger partial charge in [-0.3, -0.25) is 0 Å². The molecule has 23 heavy (non-hydrogen) atoms. The predicted octanol–water partition coefficient (Wildman–Crippen LogP) is 0.537. The first kappa shape index (κ1) is 16.2. The van der Waals surface area contributed by atoms with Gasteiger partial charge in [0.05, 0.1) is 6.04 Å². The fourth-order valence-electron chi connectivity index (χ4n) is 3.03. The highest BCUT2D eigenvalue weighted by molar-refractivity contribution is 5.68. The van der Waals surface area contributed by atoms with E-state index < -0.39 is 42.3 Å². The van der Waals surface area contributed by atoms with E-state index in [2.05, 4.69) is 5.32 Å². The summed E-state index contributed by atoms with van der Waals surface area (Å²) >= 11 is 0. The third-order valence-corrected chi connectivity index (χ3v) is 4.07. The number of fused-ring (bicyclic) bond motifs is 1. The van der Waals surface area contributed by atoms with Gasteiger partial charge in [0, 0.05) is 0 Å². The number of ether oxygens (including phenoxy) is 3. The summed E-state index contributed by atoms with van der Waals surface area (Å²) in [6.07, 6.45) is -4.29. The zero-order valence-corrected chi connectivity index (χ0v) is 13.0. The van der Waals surface area contributed by atoms with Gasteiger partial charge in [0.2, 0.25) is 0 Å². The van der Waals surface area contributed by atoms with Gasteiger partial charge in [0.25, 0.3) is 0 Å². The van der Waals surface area contributed by atoms with E-state index in [-0.39, 0.29) is 6.61 Å². The Morgan fingerprint density at radius 2 is 1.83 bits per heavy atom. The van der Waals surface area contributed by atoms with E-state index >= 15 is 0 Å². The van der Waals surface area contributed by atoms with Crippen molar-refractivity contribution in [1.29, 1.82) is 0 Å². The Morgan fingerprint density at radius 1 is 1.17 bits per heavy atom. The molecule has 1 saturated carbocycles. The summed E-state index contributed by atoms with van der Waals surface area (Å²) in [5.74, 6) is -0.871. The zero-order chi connectivity index (χ0) is 16.6. The maximum atomic E-state index is 12.0.